The van der Waals surface area contributed by atoms with Gasteiger partial charge in [-0.2, -0.15) is 9.97 Å². The van der Waals surface area contributed by atoms with Crippen LogP contribution >= 0.6 is 0 Å². The van der Waals surface area contributed by atoms with Crippen LogP contribution < -0.4 is 21.1 Å². The molecule has 0 aliphatic carbocycles. The second kappa shape index (κ2) is 16.1. The van der Waals surface area contributed by atoms with E-state index in [-0.39, 0.29) is 48.1 Å². The molecule has 0 atom stereocenters. The quantitative estimate of drug-likeness (QED) is 0.126. The van der Waals surface area contributed by atoms with Crippen molar-refractivity contribution in [2.45, 2.75) is 45.7 Å². The second-order valence-corrected chi connectivity index (χ2v) is 11.9. The Hall–Kier alpha value is -5.11. The Morgan fingerprint density at radius 2 is 1.79 bits per heavy atom. The second-order valence-electron chi connectivity index (χ2n) is 11.9. The number of hydrogen-bond donors (Lipinski definition) is 3. The number of phenolic OH excluding ortho intramolecular Hbond substituents is 1. The maximum atomic E-state index is 13.8. The third-order valence-electron chi connectivity index (χ3n) is 8.42. The van der Waals surface area contributed by atoms with Crippen LogP contribution in [-0.4, -0.2) is 99.3 Å². The normalized spacial score (nSPS) is 13.5. The van der Waals surface area contributed by atoms with Gasteiger partial charge in [0.15, 0.2) is 11.5 Å². The fourth-order valence-electron chi connectivity index (χ4n) is 5.69. The number of aromatic amines is 1. The van der Waals surface area contributed by atoms with Gasteiger partial charge in [0.1, 0.15) is 11.3 Å². The Labute approximate surface area is 279 Å². The average molecular weight is 661 g/mol. The number of unbranched alkanes of at least 4 members (excludes halogenated alkanes) is 1. The number of nitrogens with two attached hydrogens (primary N) is 1. The number of H-pyrrole nitrogens is 1. The lowest BCUT2D eigenvalue weighted by atomic mass is 10.1. The predicted octanol–water partition coefficient (Wildman–Crippen LogP) is 2.54. The van der Waals surface area contributed by atoms with Crippen molar-refractivity contribution in [3.8, 4) is 11.8 Å². The van der Waals surface area contributed by atoms with Crippen molar-refractivity contribution in [3.63, 3.8) is 0 Å². The number of benzene rings is 2. The van der Waals surface area contributed by atoms with Gasteiger partial charge in [-0.1, -0.05) is 43.7 Å². The molecule has 2 aromatic carbocycles. The number of fused-ring (bicyclic) bond motifs is 1. The number of phenols is 1. The first kappa shape index (κ1) is 34.2. The van der Waals surface area contributed by atoms with E-state index in [1.807, 2.05) is 36.4 Å². The number of esters is 1. The Balaban J connectivity index is 1.26. The summed E-state index contributed by atoms with van der Waals surface area (Å²) in [5.41, 5.74) is 9.18. The van der Waals surface area contributed by atoms with Gasteiger partial charge in [0.05, 0.1) is 26.7 Å². The van der Waals surface area contributed by atoms with Crippen LogP contribution in [0.4, 0.5) is 11.5 Å². The molecular weight excluding hydrogens is 616 g/mol. The van der Waals surface area contributed by atoms with Gasteiger partial charge in [0, 0.05) is 57.6 Å². The molecule has 5 rings (SSSR count). The highest BCUT2D eigenvalue weighted by Gasteiger charge is 2.23. The summed E-state index contributed by atoms with van der Waals surface area (Å²) < 4.78 is 11.9. The van der Waals surface area contributed by atoms with Crippen LogP contribution in [0.15, 0.2) is 53.3 Å². The molecule has 1 aliphatic heterocycles. The van der Waals surface area contributed by atoms with Crippen molar-refractivity contribution >= 4 is 34.5 Å². The van der Waals surface area contributed by atoms with Gasteiger partial charge in [-0.3, -0.25) is 19.1 Å². The van der Waals surface area contributed by atoms with E-state index in [4.69, 9.17) is 15.2 Å². The number of rotatable bonds is 15. The minimum Gasteiger partial charge on any atom is -0.508 e. The van der Waals surface area contributed by atoms with Crippen LogP contribution in [0.3, 0.4) is 0 Å². The van der Waals surface area contributed by atoms with Crippen LogP contribution in [0.5, 0.6) is 11.8 Å². The fraction of sp³-hybridized carbons (Fsp3) is 0.441. The zero-order chi connectivity index (χ0) is 34.0. The lowest BCUT2D eigenvalue weighted by molar-refractivity contribution is -0.139. The molecule has 1 amide bonds. The van der Waals surface area contributed by atoms with Crippen molar-refractivity contribution in [3.05, 3.63) is 70.1 Å². The number of aromatic hydroxyl groups is 1. The van der Waals surface area contributed by atoms with E-state index in [0.717, 1.165) is 42.7 Å². The molecular formula is C34H44N8O6. The molecule has 14 nitrogen and oxygen atoms in total. The summed E-state index contributed by atoms with van der Waals surface area (Å²) in [4.78, 5) is 55.9. The van der Waals surface area contributed by atoms with Crippen molar-refractivity contribution in [2.75, 3.05) is 63.6 Å². The number of nitrogens with one attached hydrogen (secondary N) is 1. The summed E-state index contributed by atoms with van der Waals surface area (Å²) >= 11 is 0. The number of nitrogen functional groups attached to an aromatic ring is 1. The minimum atomic E-state index is -0.361. The van der Waals surface area contributed by atoms with E-state index in [1.165, 1.54) is 11.7 Å². The Bertz CT molecular complexity index is 1750. The van der Waals surface area contributed by atoms with Crippen LogP contribution in [0.25, 0.3) is 11.2 Å². The van der Waals surface area contributed by atoms with Gasteiger partial charge in [-0.25, -0.2) is 4.79 Å². The molecule has 3 heterocycles. The van der Waals surface area contributed by atoms with Crippen LogP contribution in [0, 0.1) is 0 Å². The van der Waals surface area contributed by atoms with E-state index < -0.39 is 0 Å². The summed E-state index contributed by atoms with van der Waals surface area (Å²) in [6.07, 6.45) is 2.45. The molecule has 0 saturated carbocycles. The number of methoxy groups -OCH3 is 1. The number of imidazole rings is 1. The zero-order valence-electron chi connectivity index (χ0n) is 27.6. The van der Waals surface area contributed by atoms with Gasteiger partial charge in [-0.15, -0.1) is 0 Å². The number of anilines is 2. The summed E-state index contributed by atoms with van der Waals surface area (Å²) in [5, 5.41) is 9.88. The largest absolute Gasteiger partial charge is 0.508 e. The highest BCUT2D eigenvalue weighted by Crippen LogP contribution is 2.22. The number of aryl methyl sites for hydroxylation is 1. The lowest BCUT2D eigenvalue weighted by Crippen LogP contribution is -2.50. The fourth-order valence-corrected chi connectivity index (χ4v) is 5.69. The molecule has 0 unspecified atom stereocenters. The maximum absolute atomic E-state index is 13.8. The van der Waals surface area contributed by atoms with Crippen LogP contribution in [-0.2, 0) is 33.8 Å². The van der Waals surface area contributed by atoms with E-state index in [2.05, 4.69) is 31.7 Å². The molecule has 4 N–H and O–H groups in total. The third-order valence-corrected chi connectivity index (χ3v) is 8.42. The van der Waals surface area contributed by atoms with Gasteiger partial charge in [-0.05, 0) is 36.1 Å². The van der Waals surface area contributed by atoms with E-state index in [0.29, 0.717) is 56.9 Å². The van der Waals surface area contributed by atoms with Crippen molar-refractivity contribution < 1.29 is 24.2 Å². The Kier molecular flexibility index (Phi) is 11.5. The van der Waals surface area contributed by atoms with Crippen LogP contribution in [0.1, 0.15) is 37.3 Å². The molecule has 256 valence electrons. The summed E-state index contributed by atoms with van der Waals surface area (Å²) in [5.74, 6) is 0.0245. The smallest absolute Gasteiger partial charge is 0.327 e. The average Bonchev–Trinajstić information content (AvgIpc) is 3.40. The molecule has 0 radical (unpaired) electrons. The number of carbonyl (C=O) groups is 2. The topological polar surface area (TPSA) is 172 Å². The molecule has 1 fully saturated rings. The first-order chi connectivity index (χ1) is 23.2. The first-order valence-corrected chi connectivity index (χ1v) is 16.3. The van der Waals surface area contributed by atoms with Gasteiger partial charge in [0.25, 0.3) is 0 Å². The number of aromatic nitrogens is 4. The number of ether oxygens (including phenoxy) is 2. The third kappa shape index (κ3) is 8.82. The van der Waals surface area contributed by atoms with Crippen molar-refractivity contribution in [1.82, 2.24) is 29.3 Å². The lowest BCUT2D eigenvalue weighted by Gasteiger charge is -2.36. The van der Waals surface area contributed by atoms with E-state index in [1.54, 1.807) is 17.0 Å². The molecule has 4 aromatic rings. The molecule has 0 bridgehead atoms. The first-order valence-electron chi connectivity index (χ1n) is 16.3. The summed E-state index contributed by atoms with van der Waals surface area (Å²) in [6, 6.07) is 14.9. The Morgan fingerprint density at radius 3 is 2.50 bits per heavy atom. The highest BCUT2D eigenvalue weighted by molar-refractivity contribution is 5.82. The standard InChI is InChI=1S/C34H44N8O6/c1-3-4-19-48-33-37-31(35)30-32(38-33)42(34(46)36-30)14-6-13-41(22-25-11-9-24(10-12-25)20-29(45)47-2)28(44)23-39-15-17-40(18-16-39)26-7-5-8-27(43)21-26/h5,7-12,21,43H,3-4,6,13-20,22-23H2,1-2H3,(H,36,46)(H2,35,37,38). The molecule has 48 heavy (non-hydrogen) atoms. The molecule has 1 saturated heterocycles. The zero-order valence-corrected chi connectivity index (χ0v) is 27.6. The molecule has 14 heteroatoms. The molecule has 0 spiro atoms. The number of piperazine rings is 1. The van der Waals surface area contributed by atoms with E-state index in [9.17, 15) is 19.5 Å². The molecule has 1 aliphatic rings. The maximum Gasteiger partial charge on any atom is 0.327 e. The highest BCUT2D eigenvalue weighted by atomic mass is 16.5. The summed E-state index contributed by atoms with van der Waals surface area (Å²) in [6.45, 7) is 6.68. The van der Waals surface area contributed by atoms with Gasteiger partial charge >= 0.3 is 17.7 Å². The number of carbonyl (C=O) groups excluding carboxylic acids is 2. The van der Waals surface area contributed by atoms with Crippen molar-refractivity contribution in [2.24, 2.45) is 0 Å². The van der Waals surface area contributed by atoms with Gasteiger partial charge in [0.2, 0.25) is 5.91 Å². The Morgan fingerprint density at radius 1 is 1.04 bits per heavy atom. The van der Waals surface area contributed by atoms with Crippen LogP contribution in [0.2, 0.25) is 0 Å². The number of hydrogen-bond acceptors (Lipinski definition) is 11. The molecule has 2 aromatic heterocycles. The SMILES string of the molecule is CCCCOc1nc(N)c2[nH]c(=O)n(CCCN(Cc3ccc(CC(=O)OC)cc3)C(=O)CN3CCN(c4cccc(O)c4)CC3)c2n1. The van der Waals surface area contributed by atoms with E-state index >= 15 is 0 Å². The monoisotopic (exact) mass is 660 g/mol. The minimum absolute atomic E-state index is 0.0242. The summed E-state index contributed by atoms with van der Waals surface area (Å²) in [7, 11) is 1.36. The number of amides is 1. The van der Waals surface area contributed by atoms with Crippen molar-refractivity contribution in [1.29, 1.82) is 0 Å². The number of nitrogens with zero attached hydrogens (tertiary/aromatic N) is 6. The van der Waals surface area contributed by atoms with Gasteiger partial charge < -0.3 is 35.1 Å². The predicted molar refractivity (Wildman–Crippen MR) is 182 cm³/mol.